The molecule has 4 nitrogen and oxygen atoms in total. The predicted octanol–water partition coefficient (Wildman–Crippen LogP) is 3.64. The summed E-state index contributed by atoms with van der Waals surface area (Å²) in [7, 11) is 0. The molecular formula is C15H17ClN2O2. The van der Waals surface area contributed by atoms with E-state index in [0.717, 1.165) is 16.6 Å². The van der Waals surface area contributed by atoms with Crippen LogP contribution in [0.25, 0.3) is 10.9 Å². The van der Waals surface area contributed by atoms with Crippen molar-refractivity contribution < 1.29 is 9.53 Å². The molecule has 2 aromatic rings. The van der Waals surface area contributed by atoms with Gasteiger partial charge >= 0.3 is 5.97 Å². The van der Waals surface area contributed by atoms with Gasteiger partial charge in [-0.05, 0) is 37.6 Å². The van der Waals surface area contributed by atoms with Gasteiger partial charge in [-0.25, -0.2) is 4.79 Å². The molecule has 20 heavy (non-hydrogen) atoms. The van der Waals surface area contributed by atoms with E-state index < -0.39 is 0 Å². The second-order valence-electron chi connectivity index (χ2n) is 4.35. The van der Waals surface area contributed by atoms with Gasteiger partial charge in [-0.3, -0.25) is 4.98 Å². The normalized spacial score (nSPS) is 12.2. The Bertz CT molecular complexity index is 616. The van der Waals surface area contributed by atoms with Crippen LogP contribution in [0.3, 0.4) is 0 Å². The number of ether oxygens (including phenoxy) is 1. The maximum Gasteiger partial charge on any atom is 0.328 e. The van der Waals surface area contributed by atoms with E-state index in [1.807, 2.05) is 25.1 Å². The van der Waals surface area contributed by atoms with Crippen LogP contribution in [0, 0.1) is 0 Å². The average Bonchev–Trinajstić information content (AvgIpc) is 2.47. The predicted molar refractivity (Wildman–Crippen MR) is 81.1 cm³/mol. The first-order valence-corrected chi connectivity index (χ1v) is 7.01. The molecular weight excluding hydrogens is 276 g/mol. The van der Waals surface area contributed by atoms with Gasteiger partial charge in [-0.1, -0.05) is 18.5 Å². The first-order chi connectivity index (χ1) is 9.67. The van der Waals surface area contributed by atoms with Crippen molar-refractivity contribution in [2.45, 2.75) is 26.3 Å². The van der Waals surface area contributed by atoms with E-state index in [9.17, 15) is 4.79 Å². The Morgan fingerprint density at radius 3 is 2.90 bits per heavy atom. The van der Waals surface area contributed by atoms with E-state index in [0.29, 0.717) is 18.1 Å². The molecule has 0 amide bonds. The van der Waals surface area contributed by atoms with E-state index >= 15 is 0 Å². The van der Waals surface area contributed by atoms with E-state index in [4.69, 9.17) is 16.3 Å². The van der Waals surface area contributed by atoms with Crippen LogP contribution in [0.4, 0.5) is 5.69 Å². The molecule has 1 N–H and O–H groups in total. The third-order valence-electron chi connectivity index (χ3n) is 3.03. The van der Waals surface area contributed by atoms with Crippen molar-refractivity contribution in [1.82, 2.24) is 4.98 Å². The number of benzene rings is 1. The first kappa shape index (κ1) is 14.6. The minimum atomic E-state index is -0.388. The van der Waals surface area contributed by atoms with Gasteiger partial charge in [0.2, 0.25) is 0 Å². The summed E-state index contributed by atoms with van der Waals surface area (Å²) in [6, 6.07) is 6.98. The topological polar surface area (TPSA) is 51.2 Å². The van der Waals surface area contributed by atoms with Crippen molar-refractivity contribution in [2.24, 2.45) is 0 Å². The lowest BCUT2D eigenvalue weighted by atomic mass is 10.1. The Hall–Kier alpha value is -1.81. The lowest BCUT2D eigenvalue weighted by molar-refractivity contribution is -0.144. The van der Waals surface area contributed by atoms with Gasteiger partial charge in [0.25, 0.3) is 0 Å². The number of nitrogens with one attached hydrogen (secondary N) is 1. The summed E-state index contributed by atoms with van der Waals surface area (Å²) < 4.78 is 5.06. The fraction of sp³-hybridized carbons (Fsp3) is 0.333. The van der Waals surface area contributed by atoms with Crippen LogP contribution >= 0.6 is 11.6 Å². The number of pyridine rings is 1. The quantitative estimate of drug-likeness (QED) is 0.855. The van der Waals surface area contributed by atoms with Crippen LogP contribution in [-0.4, -0.2) is 23.6 Å². The van der Waals surface area contributed by atoms with E-state index in [1.54, 1.807) is 19.2 Å². The Labute approximate surface area is 123 Å². The first-order valence-electron chi connectivity index (χ1n) is 6.63. The third-order valence-corrected chi connectivity index (χ3v) is 3.36. The van der Waals surface area contributed by atoms with E-state index in [1.165, 1.54) is 0 Å². The number of fused-ring (bicyclic) bond motifs is 1. The average molecular weight is 293 g/mol. The molecule has 0 aliphatic heterocycles. The van der Waals surface area contributed by atoms with Crippen LogP contribution in [0.2, 0.25) is 5.02 Å². The number of carbonyl (C=O) groups is 1. The molecule has 0 radical (unpaired) electrons. The Morgan fingerprint density at radius 2 is 2.20 bits per heavy atom. The zero-order valence-corrected chi connectivity index (χ0v) is 12.3. The van der Waals surface area contributed by atoms with Crippen LogP contribution < -0.4 is 5.32 Å². The van der Waals surface area contributed by atoms with Gasteiger partial charge in [-0.15, -0.1) is 0 Å². The monoisotopic (exact) mass is 292 g/mol. The minimum absolute atomic E-state index is 0.256. The van der Waals surface area contributed by atoms with Crippen molar-refractivity contribution in [3.8, 4) is 0 Å². The summed E-state index contributed by atoms with van der Waals surface area (Å²) in [4.78, 5) is 16.2. The number of nitrogens with zero attached hydrogens (tertiary/aromatic N) is 1. The standard InChI is InChI=1S/C15H17ClN2O2/c1-3-12(15(19)20-4-2)18-13-8-7-11(16)10-6-5-9-17-14(10)13/h5-9,12,18H,3-4H2,1-2H3. The molecule has 0 aliphatic carbocycles. The van der Waals surface area contributed by atoms with Gasteiger partial charge < -0.3 is 10.1 Å². The zero-order chi connectivity index (χ0) is 14.5. The molecule has 0 bridgehead atoms. The molecule has 0 saturated heterocycles. The Kier molecular flexibility index (Phi) is 4.79. The number of hydrogen-bond donors (Lipinski definition) is 1. The molecule has 106 valence electrons. The SMILES string of the molecule is CCOC(=O)C(CC)Nc1ccc(Cl)c2cccnc12. The number of anilines is 1. The van der Waals surface area contributed by atoms with Gasteiger partial charge in [0.1, 0.15) is 6.04 Å². The summed E-state index contributed by atoms with van der Waals surface area (Å²) in [6.07, 6.45) is 2.34. The number of hydrogen-bond acceptors (Lipinski definition) is 4. The lowest BCUT2D eigenvalue weighted by Gasteiger charge is -2.17. The fourth-order valence-corrected chi connectivity index (χ4v) is 2.23. The summed E-state index contributed by atoms with van der Waals surface area (Å²) >= 11 is 6.15. The van der Waals surface area contributed by atoms with E-state index in [2.05, 4.69) is 10.3 Å². The Morgan fingerprint density at radius 1 is 1.40 bits per heavy atom. The zero-order valence-electron chi connectivity index (χ0n) is 11.5. The highest BCUT2D eigenvalue weighted by molar-refractivity contribution is 6.35. The van der Waals surface area contributed by atoms with Crippen molar-refractivity contribution in [3.05, 3.63) is 35.5 Å². The van der Waals surface area contributed by atoms with Crippen molar-refractivity contribution in [2.75, 3.05) is 11.9 Å². The molecule has 2 rings (SSSR count). The number of rotatable bonds is 5. The molecule has 1 unspecified atom stereocenters. The second-order valence-corrected chi connectivity index (χ2v) is 4.76. The molecule has 1 atom stereocenters. The van der Waals surface area contributed by atoms with Crippen LogP contribution in [-0.2, 0) is 9.53 Å². The molecule has 1 heterocycles. The molecule has 0 aliphatic rings. The smallest absolute Gasteiger partial charge is 0.328 e. The largest absolute Gasteiger partial charge is 0.464 e. The summed E-state index contributed by atoms with van der Waals surface area (Å²) in [5.41, 5.74) is 1.53. The maximum atomic E-state index is 11.9. The van der Waals surface area contributed by atoms with Gasteiger partial charge in [0.15, 0.2) is 0 Å². The van der Waals surface area contributed by atoms with Crippen LogP contribution in [0.1, 0.15) is 20.3 Å². The minimum Gasteiger partial charge on any atom is -0.464 e. The van der Waals surface area contributed by atoms with E-state index in [-0.39, 0.29) is 12.0 Å². The van der Waals surface area contributed by atoms with Crippen LogP contribution in [0.5, 0.6) is 0 Å². The molecule has 1 aromatic carbocycles. The fourth-order valence-electron chi connectivity index (χ4n) is 2.01. The molecule has 0 fully saturated rings. The molecule has 0 saturated carbocycles. The number of esters is 1. The van der Waals surface area contributed by atoms with Gasteiger partial charge in [-0.2, -0.15) is 0 Å². The molecule has 5 heteroatoms. The summed E-state index contributed by atoms with van der Waals surface area (Å²) in [5, 5.41) is 4.69. The van der Waals surface area contributed by atoms with Gasteiger partial charge in [0, 0.05) is 11.6 Å². The molecule has 0 spiro atoms. The number of carbonyl (C=O) groups excluding carboxylic acids is 1. The van der Waals surface area contributed by atoms with Crippen molar-refractivity contribution in [3.63, 3.8) is 0 Å². The summed E-state index contributed by atoms with van der Waals surface area (Å²) in [5.74, 6) is -0.256. The lowest BCUT2D eigenvalue weighted by Crippen LogP contribution is -2.30. The summed E-state index contributed by atoms with van der Waals surface area (Å²) in [6.45, 7) is 4.10. The highest BCUT2D eigenvalue weighted by atomic mass is 35.5. The second kappa shape index (κ2) is 6.57. The van der Waals surface area contributed by atoms with Crippen molar-refractivity contribution >= 4 is 34.2 Å². The van der Waals surface area contributed by atoms with Crippen LogP contribution in [0.15, 0.2) is 30.5 Å². The maximum absolute atomic E-state index is 11.9. The highest BCUT2D eigenvalue weighted by Crippen LogP contribution is 2.28. The Balaban J connectivity index is 2.33. The van der Waals surface area contributed by atoms with Gasteiger partial charge in [0.05, 0.1) is 22.8 Å². The third kappa shape index (κ3) is 3.02. The molecule has 1 aromatic heterocycles. The number of halogens is 1. The highest BCUT2D eigenvalue weighted by Gasteiger charge is 2.18. The van der Waals surface area contributed by atoms with Crippen molar-refractivity contribution in [1.29, 1.82) is 0 Å². The number of aromatic nitrogens is 1.